The van der Waals surface area contributed by atoms with Gasteiger partial charge in [0.1, 0.15) is 12.0 Å². The van der Waals surface area contributed by atoms with Crippen LogP contribution in [0.1, 0.15) is 28.4 Å². The molecule has 0 saturated carbocycles. The van der Waals surface area contributed by atoms with Crippen LogP contribution in [0.25, 0.3) is 43.8 Å². The molecular formula is C43H32N4. The summed E-state index contributed by atoms with van der Waals surface area (Å²) in [4.78, 5) is 10.0. The summed E-state index contributed by atoms with van der Waals surface area (Å²) in [5, 5.41) is 12.6. The van der Waals surface area contributed by atoms with E-state index in [9.17, 15) is 0 Å². The van der Waals surface area contributed by atoms with Gasteiger partial charge in [0.2, 0.25) is 0 Å². The van der Waals surface area contributed by atoms with E-state index in [2.05, 4.69) is 126 Å². The van der Waals surface area contributed by atoms with Gasteiger partial charge in [-0.15, -0.1) is 0 Å². The van der Waals surface area contributed by atoms with Gasteiger partial charge in [0.15, 0.2) is 5.84 Å². The molecule has 47 heavy (non-hydrogen) atoms. The van der Waals surface area contributed by atoms with Crippen LogP contribution in [0.2, 0.25) is 0 Å². The number of nitrogens with one attached hydrogen (secondary N) is 2. The van der Waals surface area contributed by atoms with E-state index >= 15 is 0 Å². The van der Waals surface area contributed by atoms with Crippen molar-refractivity contribution in [2.75, 3.05) is 11.9 Å². The molecule has 0 spiro atoms. The topological polar surface area (TPSA) is 48.8 Å². The highest BCUT2D eigenvalue weighted by atomic mass is 15.2. The first kappa shape index (κ1) is 27.3. The van der Waals surface area contributed by atoms with Crippen molar-refractivity contribution in [1.82, 2.24) is 5.32 Å². The third-order valence-electron chi connectivity index (χ3n) is 9.36. The first-order chi connectivity index (χ1) is 23.3. The summed E-state index contributed by atoms with van der Waals surface area (Å²) < 4.78 is 0. The number of aliphatic imine (C=N–C) groups is 2. The molecule has 0 saturated heterocycles. The normalized spacial score (nSPS) is 15.4. The van der Waals surface area contributed by atoms with Crippen LogP contribution in [0, 0.1) is 0 Å². The zero-order valence-corrected chi connectivity index (χ0v) is 25.8. The van der Waals surface area contributed by atoms with Crippen molar-refractivity contribution < 1.29 is 0 Å². The second-order valence-corrected chi connectivity index (χ2v) is 12.2. The molecule has 2 heterocycles. The van der Waals surface area contributed by atoms with Crippen molar-refractivity contribution in [3.8, 4) is 22.3 Å². The van der Waals surface area contributed by atoms with E-state index in [4.69, 9.17) is 9.98 Å². The van der Waals surface area contributed by atoms with Crippen LogP contribution in [0.3, 0.4) is 0 Å². The van der Waals surface area contributed by atoms with Gasteiger partial charge in [-0.2, -0.15) is 0 Å². The minimum atomic E-state index is -0.272. The minimum absolute atomic E-state index is 0.272. The highest BCUT2D eigenvalue weighted by Gasteiger charge is 2.22. The predicted molar refractivity (Wildman–Crippen MR) is 196 cm³/mol. The number of anilines is 1. The fraction of sp³-hybridized carbons (Fsp3) is 0.0698. The molecule has 0 aromatic heterocycles. The number of hydrogen-bond acceptors (Lipinski definition) is 4. The van der Waals surface area contributed by atoms with Crippen molar-refractivity contribution >= 4 is 38.9 Å². The molecular weight excluding hydrogens is 573 g/mol. The lowest BCUT2D eigenvalue weighted by molar-refractivity contribution is 0.674. The molecule has 224 valence electrons. The molecule has 1 atom stereocenters. The third-order valence-corrected chi connectivity index (χ3v) is 9.36. The van der Waals surface area contributed by atoms with Gasteiger partial charge < -0.3 is 10.6 Å². The van der Waals surface area contributed by atoms with Crippen LogP contribution in [0.15, 0.2) is 162 Å². The first-order valence-electron chi connectivity index (χ1n) is 16.2. The maximum atomic E-state index is 5.09. The maximum absolute atomic E-state index is 5.09. The lowest BCUT2D eigenvalue weighted by Crippen LogP contribution is -2.33. The van der Waals surface area contributed by atoms with Crippen molar-refractivity contribution in [3.05, 3.63) is 174 Å². The lowest BCUT2D eigenvalue weighted by atomic mass is 9.92. The average Bonchev–Trinajstić information content (AvgIpc) is 3.66. The summed E-state index contributed by atoms with van der Waals surface area (Å²) >= 11 is 0. The second kappa shape index (κ2) is 11.4. The average molecular weight is 605 g/mol. The molecule has 1 unspecified atom stereocenters. The Hall–Kier alpha value is -6.00. The molecule has 0 aliphatic carbocycles. The number of benzene rings is 7. The van der Waals surface area contributed by atoms with Crippen molar-refractivity contribution in [1.29, 1.82) is 0 Å². The summed E-state index contributed by atoms with van der Waals surface area (Å²) in [5.74, 6) is 1.55. The number of rotatable bonds is 5. The Kier molecular flexibility index (Phi) is 6.64. The molecule has 4 heteroatoms. The summed E-state index contributed by atoms with van der Waals surface area (Å²) in [6.07, 6.45) is 0.791. The van der Waals surface area contributed by atoms with Gasteiger partial charge in [-0.1, -0.05) is 133 Å². The van der Waals surface area contributed by atoms with E-state index < -0.39 is 0 Å². The van der Waals surface area contributed by atoms with Crippen LogP contribution < -0.4 is 10.6 Å². The van der Waals surface area contributed by atoms with E-state index in [0.29, 0.717) is 0 Å². The van der Waals surface area contributed by atoms with Gasteiger partial charge in [0.05, 0.1) is 0 Å². The molecule has 2 aliphatic heterocycles. The van der Waals surface area contributed by atoms with Gasteiger partial charge in [0, 0.05) is 28.7 Å². The second-order valence-electron chi connectivity index (χ2n) is 12.2. The zero-order chi connectivity index (χ0) is 31.2. The van der Waals surface area contributed by atoms with E-state index in [0.717, 1.165) is 46.9 Å². The van der Waals surface area contributed by atoms with Gasteiger partial charge in [0.25, 0.3) is 0 Å². The fourth-order valence-electron chi connectivity index (χ4n) is 7.06. The molecule has 4 nitrogen and oxygen atoms in total. The highest BCUT2D eigenvalue weighted by Crippen LogP contribution is 2.41. The summed E-state index contributed by atoms with van der Waals surface area (Å²) in [5.41, 5.74) is 10.6. The van der Waals surface area contributed by atoms with E-state index in [1.165, 1.54) is 49.5 Å². The Morgan fingerprint density at radius 3 is 1.89 bits per heavy atom. The molecule has 0 radical (unpaired) electrons. The largest absolute Gasteiger partial charge is 0.384 e. The molecule has 9 rings (SSSR count). The molecule has 0 bridgehead atoms. The Balaban J connectivity index is 1.09. The number of amidine groups is 2. The quantitative estimate of drug-likeness (QED) is 0.192. The van der Waals surface area contributed by atoms with E-state index in [1.54, 1.807) is 0 Å². The fourth-order valence-corrected chi connectivity index (χ4v) is 7.06. The molecule has 2 aliphatic rings. The zero-order valence-electron chi connectivity index (χ0n) is 25.8. The van der Waals surface area contributed by atoms with Gasteiger partial charge in [-0.05, 0) is 74.2 Å². The molecule has 2 N–H and O–H groups in total. The van der Waals surface area contributed by atoms with Crippen molar-refractivity contribution in [3.63, 3.8) is 0 Å². The smallest absolute Gasteiger partial charge is 0.159 e. The molecule has 0 fully saturated rings. The van der Waals surface area contributed by atoms with Crippen LogP contribution in [0.4, 0.5) is 5.69 Å². The van der Waals surface area contributed by atoms with Crippen LogP contribution in [-0.4, -0.2) is 18.2 Å². The Labute approximate surface area is 274 Å². The van der Waals surface area contributed by atoms with E-state index in [-0.39, 0.29) is 6.17 Å². The highest BCUT2D eigenvalue weighted by molar-refractivity contribution is 6.16. The Bertz CT molecular complexity index is 2360. The summed E-state index contributed by atoms with van der Waals surface area (Å²) in [7, 11) is 0. The monoisotopic (exact) mass is 604 g/mol. The molecule has 7 aromatic rings. The number of nitrogens with zero attached hydrogens (tertiary/aromatic N) is 2. The number of fused-ring (bicyclic) bond motifs is 6. The van der Waals surface area contributed by atoms with Crippen molar-refractivity contribution in [2.24, 2.45) is 9.98 Å². The van der Waals surface area contributed by atoms with E-state index in [1.807, 2.05) is 36.4 Å². The predicted octanol–water partition coefficient (Wildman–Crippen LogP) is 9.79. The Morgan fingerprint density at radius 1 is 0.489 bits per heavy atom. The summed E-state index contributed by atoms with van der Waals surface area (Å²) in [6.45, 7) is 0.986. The van der Waals surface area contributed by atoms with Gasteiger partial charge >= 0.3 is 0 Å². The lowest BCUT2D eigenvalue weighted by Gasteiger charge is -2.24. The van der Waals surface area contributed by atoms with Gasteiger partial charge in [-0.3, -0.25) is 0 Å². The van der Waals surface area contributed by atoms with Crippen LogP contribution >= 0.6 is 0 Å². The summed E-state index contributed by atoms with van der Waals surface area (Å²) in [6, 6.07) is 53.8. The first-order valence-corrected chi connectivity index (χ1v) is 16.2. The third kappa shape index (κ3) is 4.95. The minimum Gasteiger partial charge on any atom is -0.384 e. The van der Waals surface area contributed by atoms with Crippen LogP contribution in [-0.2, 0) is 6.42 Å². The van der Waals surface area contributed by atoms with Crippen molar-refractivity contribution in [2.45, 2.75) is 12.6 Å². The number of hydrogen-bond donors (Lipinski definition) is 2. The standard InChI is InChI=1S/C43H32N4/c1-3-11-28(12-4-1)41-45-42(29-13-5-2-6-14-29)47-43(46-41)34-18-10-17-32(26-34)30-15-9-16-31(25-30)33-21-22-37-35-19-7-8-20-36(35)38-23-24-44-40(38)39(37)27-33/h1-22,25-27,43-44H,23-24H2,(H,45,46,47). The van der Waals surface area contributed by atoms with Crippen LogP contribution in [0.5, 0.6) is 0 Å². The molecule has 7 aromatic carbocycles. The van der Waals surface area contributed by atoms with Gasteiger partial charge in [-0.25, -0.2) is 9.98 Å². The maximum Gasteiger partial charge on any atom is 0.159 e. The SMILES string of the molecule is c1ccc(C2=NC(c3cccc(-c4cccc(-c5ccc6c(c5)c5c(c7ccccc76)CCN5)c4)c3)NC(c3ccccc3)=N2)cc1. The molecule has 0 amide bonds. The Morgan fingerprint density at radius 2 is 1.11 bits per heavy atom.